The van der Waals surface area contributed by atoms with E-state index in [-0.39, 0.29) is 23.5 Å². The zero-order valence-corrected chi connectivity index (χ0v) is 16.6. The van der Waals surface area contributed by atoms with Crippen LogP contribution < -0.4 is 5.43 Å². The van der Waals surface area contributed by atoms with Crippen molar-refractivity contribution in [1.29, 1.82) is 0 Å². The number of aryl methyl sites for hydroxylation is 2. The van der Waals surface area contributed by atoms with E-state index in [0.29, 0.717) is 13.2 Å². The Kier molecular flexibility index (Phi) is 4.93. The molecule has 0 spiro atoms. The van der Waals surface area contributed by atoms with Crippen LogP contribution in [0.25, 0.3) is 5.70 Å². The first-order chi connectivity index (χ1) is 12.2. The number of rotatable bonds is 3. The minimum atomic E-state index is -0.304. The van der Waals surface area contributed by atoms with Gasteiger partial charge < -0.3 is 4.74 Å². The molecule has 2 aliphatic rings. The van der Waals surface area contributed by atoms with Gasteiger partial charge in [-0.15, -0.1) is 0 Å². The minimum absolute atomic E-state index is 0.0995. The van der Waals surface area contributed by atoms with Crippen LogP contribution in [-0.2, 0) is 9.53 Å². The molecule has 2 unspecified atom stereocenters. The van der Waals surface area contributed by atoms with Gasteiger partial charge in [0.15, 0.2) is 0 Å². The molecule has 140 valence electrons. The number of esters is 1. The molecular formula is C21H29N3O2. The fraction of sp³-hybridized carbons (Fsp3) is 0.524. The second-order valence-electron chi connectivity index (χ2n) is 8.12. The van der Waals surface area contributed by atoms with E-state index in [1.807, 2.05) is 11.9 Å². The molecule has 26 heavy (non-hydrogen) atoms. The van der Waals surface area contributed by atoms with Crippen LogP contribution >= 0.6 is 0 Å². The average molecular weight is 355 g/mol. The van der Waals surface area contributed by atoms with Crippen molar-refractivity contribution in [3.8, 4) is 0 Å². The van der Waals surface area contributed by atoms with Crippen LogP contribution in [0.5, 0.6) is 0 Å². The highest BCUT2D eigenvalue weighted by Crippen LogP contribution is 2.36. The molecule has 0 radical (unpaired) electrons. The number of nitrogens with one attached hydrogen (secondary N) is 1. The van der Waals surface area contributed by atoms with Crippen LogP contribution in [0.2, 0.25) is 0 Å². The third kappa shape index (κ3) is 3.40. The van der Waals surface area contributed by atoms with Crippen LogP contribution in [0.4, 0.5) is 0 Å². The third-order valence-electron chi connectivity index (χ3n) is 4.93. The molecule has 0 aliphatic carbocycles. The van der Waals surface area contributed by atoms with Gasteiger partial charge in [0.2, 0.25) is 0 Å². The van der Waals surface area contributed by atoms with E-state index in [4.69, 9.17) is 9.73 Å². The van der Waals surface area contributed by atoms with Gasteiger partial charge in [0.05, 0.1) is 12.3 Å². The van der Waals surface area contributed by atoms with Crippen LogP contribution in [0.3, 0.4) is 0 Å². The zero-order chi connectivity index (χ0) is 19.1. The van der Waals surface area contributed by atoms with Gasteiger partial charge in [-0.05, 0) is 32.4 Å². The average Bonchev–Trinajstić information content (AvgIpc) is 2.97. The normalized spacial score (nSPS) is 22.6. The molecule has 5 heteroatoms. The van der Waals surface area contributed by atoms with Gasteiger partial charge in [0.25, 0.3) is 0 Å². The van der Waals surface area contributed by atoms with Crippen molar-refractivity contribution in [2.24, 2.45) is 16.3 Å². The van der Waals surface area contributed by atoms with E-state index >= 15 is 0 Å². The highest BCUT2D eigenvalue weighted by molar-refractivity contribution is 6.05. The number of aliphatic imine (C=N–C) groups is 1. The number of carbonyl (C=O) groups excluding carboxylic acids is 1. The molecule has 0 amide bonds. The number of benzene rings is 1. The van der Waals surface area contributed by atoms with Gasteiger partial charge in [0, 0.05) is 23.2 Å². The molecule has 0 aromatic heterocycles. The summed E-state index contributed by atoms with van der Waals surface area (Å²) in [7, 11) is 0. The lowest BCUT2D eigenvalue weighted by Gasteiger charge is -2.35. The molecule has 0 bridgehead atoms. The van der Waals surface area contributed by atoms with Gasteiger partial charge >= 0.3 is 5.97 Å². The zero-order valence-electron chi connectivity index (χ0n) is 16.6. The lowest BCUT2D eigenvalue weighted by molar-refractivity contribution is -0.148. The first-order valence-electron chi connectivity index (χ1n) is 9.29. The number of hydrogen-bond acceptors (Lipinski definition) is 5. The second kappa shape index (κ2) is 6.88. The second-order valence-corrected chi connectivity index (χ2v) is 8.12. The molecule has 1 saturated heterocycles. The monoisotopic (exact) mass is 355 g/mol. The number of nitrogens with zero attached hydrogens (tertiary/aromatic N) is 2. The molecule has 3 rings (SSSR count). The molecule has 5 nitrogen and oxygen atoms in total. The molecule has 2 atom stereocenters. The number of hydrogen-bond donors (Lipinski definition) is 1. The van der Waals surface area contributed by atoms with Crippen LogP contribution in [0.15, 0.2) is 29.3 Å². The highest BCUT2D eigenvalue weighted by atomic mass is 16.5. The Morgan fingerprint density at radius 1 is 1.35 bits per heavy atom. The Morgan fingerprint density at radius 2 is 2.08 bits per heavy atom. The fourth-order valence-corrected chi connectivity index (χ4v) is 3.50. The Bertz CT molecular complexity index is 774. The number of hydrazine groups is 1. The van der Waals surface area contributed by atoms with Crippen molar-refractivity contribution in [3.63, 3.8) is 0 Å². The quantitative estimate of drug-likeness (QED) is 0.844. The third-order valence-corrected chi connectivity index (χ3v) is 4.93. The van der Waals surface area contributed by atoms with E-state index in [9.17, 15) is 4.79 Å². The number of fused-ring (bicyclic) bond motifs is 1. The van der Waals surface area contributed by atoms with Crippen molar-refractivity contribution in [3.05, 3.63) is 41.0 Å². The van der Waals surface area contributed by atoms with Gasteiger partial charge in [-0.2, -0.15) is 0 Å². The van der Waals surface area contributed by atoms with Crippen LogP contribution in [-0.4, -0.2) is 36.0 Å². The number of ether oxygens (including phenoxy) is 1. The first kappa shape index (κ1) is 18.6. The summed E-state index contributed by atoms with van der Waals surface area (Å²) in [6, 6.07) is 6.46. The van der Waals surface area contributed by atoms with Gasteiger partial charge in [-0.1, -0.05) is 44.5 Å². The SMILES string of the molecule is CCOC(=O)C1CNN2C(c3ccc(C)cc3C)=CC(C(C)(C)C)=NC12. The topological polar surface area (TPSA) is 53.9 Å². The smallest absolute Gasteiger partial charge is 0.314 e. The molecule has 1 fully saturated rings. The molecule has 2 heterocycles. The fourth-order valence-electron chi connectivity index (χ4n) is 3.50. The molecular weight excluding hydrogens is 326 g/mol. The number of carbonyl (C=O) groups is 1. The van der Waals surface area contributed by atoms with E-state index in [1.54, 1.807) is 0 Å². The van der Waals surface area contributed by atoms with Crippen molar-refractivity contribution in [2.45, 2.75) is 47.7 Å². The summed E-state index contributed by atoms with van der Waals surface area (Å²) in [5.41, 5.74) is 8.96. The predicted octanol–water partition coefficient (Wildman–Crippen LogP) is 3.47. The largest absolute Gasteiger partial charge is 0.466 e. The Hall–Kier alpha value is -2.14. The lowest BCUT2D eigenvalue weighted by atomic mass is 9.86. The highest BCUT2D eigenvalue weighted by Gasteiger charge is 2.44. The minimum Gasteiger partial charge on any atom is -0.466 e. The van der Waals surface area contributed by atoms with Crippen LogP contribution in [0.1, 0.15) is 44.4 Å². The molecule has 1 N–H and O–H groups in total. The predicted molar refractivity (Wildman–Crippen MR) is 105 cm³/mol. The Labute approximate surface area is 156 Å². The van der Waals surface area contributed by atoms with Crippen LogP contribution in [0, 0.1) is 25.2 Å². The molecule has 2 aliphatic heterocycles. The standard InChI is InChI=1S/C21H29N3O2/c1-7-26-20(25)16-12-22-24-17(15-9-8-13(2)10-14(15)3)11-18(21(4,5)6)23-19(16)24/h8-11,16,19,22H,7,12H2,1-6H3. The van der Waals surface area contributed by atoms with Gasteiger partial charge in [-0.25, -0.2) is 5.43 Å². The summed E-state index contributed by atoms with van der Waals surface area (Å²) in [6.07, 6.45) is 1.87. The maximum Gasteiger partial charge on any atom is 0.314 e. The first-order valence-corrected chi connectivity index (χ1v) is 9.29. The van der Waals surface area contributed by atoms with Crippen molar-refractivity contribution in [2.75, 3.05) is 13.2 Å². The number of allylic oxidation sites excluding steroid dienone is 1. The van der Waals surface area contributed by atoms with Crippen molar-refractivity contribution >= 4 is 17.4 Å². The lowest BCUT2D eigenvalue weighted by Crippen LogP contribution is -2.42. The maximum absolute atomic E-state index is 12.4. The van der Waals surface area contributed by atoms with Gasteiger partial charge in [-0.3, -0.25) is 14.8 Å². The van der Waals surface area contributed by atoms with E-state index in [2.05, 4.69) is 64.3 Å². The summed E-state index contributed by atoms with van der Waals surface area (Å²) in [5.74, 6) is -0.492. The molecule has 0 saturated carbocycles. The maximum atomic E-state index is 12.4. The summed E-state index contributed by atoms with van der Waals surface area (Å²) in [4.78, 5) is 17.4. The Morgan fingerprint density at radius 3 is 2.69 bits per heavy atom. The van der Waals surface area contributed by atoms with Crippen molar-refractivity contribution in [1.82, 2.24) is 10.4 Å². The van der Waals surface area contributed by atoms with Crippen molar-refractivity contribution < 1.29 is 9.53 Å². The summed E-state index contributed by atoms with van der Waals surface area (Å²) in [5, 5.41) is 2.04. The van der Waals surface area contributed by atoms with E-state index in [1.165, 1.54) is 11.1 Å². The van der Waals surface area contributed by atoms with Gasteiger partial charge in [0.1, 0.15) is 12.1 Å². The van der Waals surface area contributed by atoms with E-state index in [0.717, 1.165) is 17.0 Å². The van der Waals surface area contributed by atoms with E-state index < -0.39 is 0 Å². The molecule has 1 aromatic carbocycles. The summed E-state index contributed by atoms with van der Waals surface area (Å²) < 4.78 is 5.28. The summed E-state index contributed by atoms with van der Waals surface area (Å²) >= 11 is 0. The summed E-state index contributed by atoms with van der Waals surface area (Å²) in [6.45, 7) is 13.4. The molecule has 1 aromatic rings. The Balaban J connectivity index is 2.06.